The summed E-state index contributed by atoms with van der Waals surface area (Å²) in [7, 11) is 0. The Kier molecular flexibility index (Phi) is 2.40. The zero-order chi connectivity index (χ0) is 10.8. The van der Waals surface area contributed by atoms with Crippen LogP contribution in [0.1, 0.15) is 11.5 Å². The number of aliphatic carboxylic acids is 1. The van der Waals surface area contributed by atoms with Crippen molar-refractivity contribution in [2.24, 2.45) is 0 Å². The van der Waals surface area contributed by atoms with Gasteiger partial charge >= 0.3 is 5.97 Å². The Labute approximate surface area is 90.2 Å². The summed E-state index contributed by atoms with van der Waals surface area (Å²) in [6, 6.07) is 9.04. The van der Waals surface area contributed by atoms with Gasteiger partial charge in [0.05, 0.1) is 6.07 Å². The largest absolute Gasteiger partial charge is 0.480 e. The Hall–Kier alpha value is -1.86. The number of fused-ring (bicyclic) bond motifs is 1. The maximum absolute atomic E-state index is 10.9. The van der Waals surface area contributed by atoms with Crippen molar-refractivity contribution in [3.05, 3.63) is 35.2 Å². The Balaban J connectivity index is 2.65. The zero-order valence-electron chi connectivity index (χ0n) is 7.68. The topological polar surface area (TPSA) is 61.1 Å². The molecule has 1 heterocycles. The molecule has 4 heteroatoms. The monoisotopic (exact) mass is 217 g/mol. The number of hydrogen-bond acceptors (Lipinski definition) is 3. The first-order chi connectivity index (χ1) is 7.24. The van der Waals surface area contributed by atoms with E-state index in [-0.39, 0.29) is 0 Å². The first-order valence-corrected chi connectivity index (χ1v) is 5.20. The third-order valence-electron chi connectivity index (χ3n) is 2.22. The number of carbonyl (C=O) groups is 1. The maximum atomic E-state index is 10.9. The highest BCUT2D eigenvalue weighted by atomic mass is 32.1. The SMILES string of the molecule is N#CC(C(=O)O)c1cccc2sccc12. The normalized spacial score (nSPS) is 12.2. The minimum atomic E-state index is -1.10. The molecule has 74 valence electrons. The first-order valence-electron chi connectivity index (χ1n) is 4.32. The summed E-state index contributed by atoms with van der Waals surface area (Å²) in [6.45, 7) is 0. The van der Waals surface area contributed by atoms with Gasteiger partial charge in [-0.25, -0.2) is 0 Å². The molecule has 0 bridgehead atoms. The van der Waals surface area contributed by atoms with Crippen molar-refractivity contribution < 1.29 is 9.90 Å². The summed E-state index contributed by atoms with van der Waals surface area (Å²) in [5.74, 6) is -2.18. The summed E-state index contributed by atoms with van der Waals surface area (Å²) in [4.78, 5) is 10.9. The summed E-state index contributed by atoms with van der Waals surface area (Å²) in [5.41, 5.74) is 0.573. The van der Waals surface area contributed by atoms with Gasteiger partial charge in [-0.1, -0.05) is 12.1 Å². The van der Waals surface area contributed by atoms with E-state index in [0.29, 0.717) is 5.56 Å². The van der Waals surface area contributed by atoms with Crippen LogP contribution in [0, 0.1) is 11.3 Å². The van der Waals surface area contributed by atoms with E-state index in [9.17, 15) is 4.79 Å². The lowest BCUT2D eigenvalue weighted by Gasteiger charge is -2.05. The third kappa shape index (κ3) is 1.58. The van der Waals surface area contributed by atoms with Crippen LogP contribution >= 0.6 is 11.3 Å². The Morgan fingerprint density at radius 2 is 2.27 bits per heavy atom. The molecule has 1 N–H and O–H groups in total. The molecule has 0 spiro atoms. The quantitative estimate of drug-likeness (QED) is 0.841. The van der Waals surface area contributed by atoms with Gasteiger partial charge in [0.15, 0.2) is 5.92 Å². The third-order valence-corrected chi connectivity index (χ3v) is 3.10. The van der Waals surface area contributed by atoms with Crippen LogP contribution in [0.5, 0.6) is 0 Å². The Bertz CT molecular complexity index is 553. The number of benzene rings is 1. The molecule has 0 aliphatic rings. The van der Waals surface area contributed by atoms with E-state index in [1.54, 1.807) is 18.2 Å². The van der Waals surface area contributed by atoms with Crippen LogP contribution < -0.4 is 0 Å². The van der Waals surface area contributed by atoms with E-state index in [1.807, 2.05) is 17.5 Å². The predicted molar refractivity (Wildman–Crippen MR) is 57.8 cm³/mol. The van der Waals surface area contributed by atoms with Crippen LogP contribution in [0.15, 0.2) is 29.6 Å². The molecule has 1 aromatic heterocycles. The van der Waals surface area contributed by atoms with Crippen molar-refractivity contribution in [3.63, 3.8) is 0 Å². The number of carboxylic acid groups (broad SMARTS) is 1. The lowest BCUT2D eigenvalue weighted by molar-refractivity contribution is -0.137. The van der Waals surface area contributed by atoms with Crippen molar-refractivity contribution in [1.29, 1.82) is 5.26 Å². The van der Waals surface area contributed by atoms with Crippen molar-refractivity contribution in [1.82, 2.24) is 0 Å². The van der Waals surface area contributed by atoms with Crippen molar-refractivity contribution in [2.75, 3.05) is 0 Å². The Morgan fingerprint density at radius 3 is 2.93 bits per heavy atom. The fraction of sp³-hybridized carbons (Fsp3) is 0.0909. The van der Waals surface area contributed by atoms with Gasteiger partial charge in [-0.2, -0.15) is 5.26 Å². The summed E-state index contributed by atoms with van der Waals surface area (Å²) in [6.07, 6.45) is 0. The molecular weight excluding hydrogens is 210 g/mol. The van der Waals surface area contributed by atoms with E-state index < -0.39 is 11.9 Å². The highest BCUT2D eigenvalue weighted by molar-refractivity contribution is 7.17. The molecule has 1 aromatic carbocycles. The van der Waals surface area contributed by atoms with Crippen molar-refractivity contribution in [3.8, 4) is 6.07 Å². The molecule has 3 nitrogen and oxygen atoms in total. The van der Waals surface area contributed by atoms with E-state index in [2.05, 4.69) is 0 Å². The van der Waals surface area contributed by atoms with Crippen LogP contribution in [0.3, 0.4) is 0 Å². The standard InChI is InChI=1S/C11H7NO2S/c12-6-9(11(13)14)7-2-1-3-10-8(7)4-5-15-10/h1-5,9H,(H,13,14). The zero-order valence-corrected chi connectivity index (χ0v) is 8.49. The fourth-order valence-electron chi connectivity index (χ4n) is 1.53. The van der Waals surface area contributed by atoms with E-state index in [1.165, 1.54) is 11.3 Å². The van der Waals surface area contributed by atoms with Crippen molar-refractivity contribution >= 4 is 27.4 Å². The first kappa shape index (κ1) is 9.69. The van der Waals surface area contributed by atoms with Crippen LogP contribution in [0.2, 0.25) is 0 Å². The highest BCUT2D eigenvalue weighted by Crippen LogP contribution is 2.29. The predicted octanol–water partition coefficient (Wildman–Crippen LogP) is 2.59. The average Bonchev–Trinajstić information content (AvgIpc) is 2.66. The molecule has 1 unspecified atom stereocenters. The molecule has 0 fully saturated rings. The molecule has 2 rings (SSSR count). The minimum Gasteiger partial charge on any atom is -0.480 e. The van der Waals surface area contributed by atoms with Crippen LogP contribution in [0.4, 0.5) is 0 Å². The van der Waals surface area contributed by atoms with Crippen LogP contribution in [-0.2, 0) is 4.79 Å². The lowest BCUT2D eigenvalue weighted by atomic mass is 9.98. The number of nitriles is 1. The van der Waals surface area contributed by atoms with Gasteiger partial charge in [0.25, 0.3) is 0 Å². The molecule has 15 heavy (non-hydrogen) atoms. The van der Waals surface area contributed by atoms with Gasteiger partial charge in [0, 0.05) is 4.70 Å². The number of thiophene rings is 1. The van der Waals surface area contributed by atoms with Gasteiger partial charge in [-0.05, 0) is 28.5 Å². The van der Waals surface area contributed by atoms with Crippen LogP contribution in [-0.4, -0.2) is 11.1 Å². The van der Waals surface area contributed by atoms with Crippen molar-refractivity contribution in [2.45, 2.75) is 5.92 Å². The second-order valence-electron chi connectivity index (χ2n) is 3.08. The summed E-state index contributed by atoms with van der Waals surface area (Å²) >= 11 is 1.54. The summed E-state index contributed by atoms with van der Waals surface area (Å²) < 4.78 is 1.01. The molecule has 0 saturated heterocycles. The maximum Gasteiger partial charge on any atom is 0.325 e. The molecule has 0 saturated carbocycles. The smallest absolute Gasteiger partial charge is 0.325 e. The minimum absolute atomic E-state index is 0.573. The second-order valence-corrected chi connectivity index (χ2v) is 4.03. The number of carboxylic acids is 1. The van der Waals surface area contributed by atoms with Gasteiger partial charge < -0.3 is 5.11 Å². The molecule has 0 radical (unpaired) electrons. The Morgan fingerprint density at radius 1 is 1.47 bits per heavy atom. The van der Waals surface area contributed by atoms with Gasteiger partial charge in [0.1, 0.15) is 0 Å². The molecule has 0 aliphatic carbocycles. The molecule has 0 amide bonds. The molecule has 0 aliphatic heterocycles. The van der Waals surface area contributed by atoms with E-state index >= 15 is 0 Å². The van der Waals surface area contributed by atoms with E-state index in [0.717, 1.165) is 10.1 Å². The number of nitrogens with zero attached hydrogens (tertiary/aromatic N) is 1. The van der Waals surface area contributed by atoms with Crippen LogP contribution in [0.25, 0.3) is 10.1 Å². The van der Waals surface area contributed by atoms with Gasteiger partial charge in [-0.3, -0.25) is 4.79 Å². The number of hydrogen-bond donors (Lipinski definition) is 1. The summed E-state index contributed by atoms with van der Waals surface area (Å²) in [5, 5.41) is 20.5. The molecule has 1 atom stereocenters. The second kappa shape index (κ2) is 3.71. The van der Waals surface area contributed by atoms with Gasteiger partial charge in [-0.15, -0.1) is 11.3 Å². The average molecular weight is 217 g/mol. The molecular formula is C11H7NO2S. The lowest BCUT2D eigenvalue weighted by Crippen LogP contribution is -2.09. The van der Waals surface area contributed by atoms with E-state index in [4.69, 9.17) is 10.4 Å². The number of rotatable bonds is 2. The molecule has 2 aromatic rings. The highest BCUT2D eigenvalue weighted by Gasteiger charge is 2.21. The fourth-order valence-corrected chi connectivity index (χ4v) is 2.35. The van der Waals surface area contributed by atoms with Gasteiger partial charge in [0.2, 0.25) is 0 Å².